The number of aliphatic hydroxyl groups is 1. The maximum atomic E-state index is 12.6. The quantitative estimate of drug-likeness (QED) is 0.290. The normalized spacial score (nSPS) is 13.9. The molecular weight excluding hydrogens is 506 g/mol. The van der Waals surface area contributed by atoms with Crippen molar-refractivity contribution in [3.8, 4) is 11.1 Å². The molecule has 0 spiro atoms. The molecule has 1 atom stereocenters. The average molecular weight is 536 g/mol. The van der Waals surface area contributed by atoms with E-state index in [1.54, 1.807) is 62.5 Å². The number of fused-ring (bicyclic) bond motifs is 1. The third kappa shape index (κ3) is 5.14. The number of hydrogen-bond acceptors (Lipinski definition) is 6. The number of thioether (sulfide) groups is 1. The first kappa shape index (κ1) is 26.9. The molecule has 6 nitrogen and oxygen atoms in total. The van der Waals surface area contributed by atoms with Gasteiger partial charge >= 0.3 is 5.97 Å². The van der Waals surface area contributed by atoms with Gasteiger partial charge in [-0.15, -0.1) is 11.8 Å². The van der Waals surface area contributed by atoms with Crippen molar-refractivity contribution in [2.75, 3.05) is 12.5 Å². The van der Waals surface area contributed by atoms with E-state index in [9.17, 15) is 23.4 Å². The highest BCUT2D eigenvalue weighted by Crippen LogP contribution is 2.37. The zero-order valence-electron chi connectivity index (χ0n) is 21.1. The van der Waals surface area contributed by atoms with Gasteiger partial charge in [-0.05, 0) is 72.7 Å². The molecule has 1 aromatic heterocycles. The molecule has 0 amide bonds. The van der Waals surface area contributed by atoms with Crippen LogP contribution in [0.15, 0.2) is 83.9 Å². The van der Waals surface area contributed by atoms with Crippen molar-refractivity contribution >= 4 is 38.5 Å². The Morgan fingerprint density at radius 3 is 2.30 bits per heavy atom. The summed E-state index contributed by atoms with van der Waals surface area (Å²) in [6.07, 6.45) is 4.68. The lowest BCUT2D eigenvalue weighted by Gasteiger charge is -2.25. The fraction of sp³-hybridized carbons (Fsp3) is 0.241. The van der Waals surface area contributed by atoms with Gasteiger partial charge in [-0.3, -0.25) is 4.98 Å². The van der Waals surface area contributed by atoms with Gasteiger partial charge in [0.2, 0.25) is 0 Å². The largest absolute Gasteiger partial charge is 0.479 e. The highest BCUT2D eigenvalue weighted by atomic mass is 32.2. The van der Waals surface area contributed by atoms with Crippen LogP contribution in [0.3, 0.4) is 0 Å². The Kier molecular flexibility index (Phi) is 7.21. The van der Waals surface area contributed by atoms with Gasteiger partial charge in [0.05, 0.1) is 10.3 Å². The molecule has 0 aliphatic carbocycles. The monoisotopic (exact) mass is 535 g/mol. The van der Waals surface area contributed by atoms with Crippen LogP contribution in [0.5, 0.6) is 0 Å². The summed E-state index contributed by atoms with van der Waals surface area (Å²) >= 11 is 1.53. The third-order valence-corrected chi connectivity index (χ3v) is 9.78. The Morgan fingerprint density at radius 2 is 1.68 bits per heavy atom. The molecule has 1 heterocycles. The summed E-state index contributed by atoms with van der Waals surface area (Å²) in [7, 11) is -3.42. The number of carboxylic acids is 1. The summed E-state index contributed by atoms with van der Waals surface area (Å²) in [6, 6.07) is 21.5. The van der Waals surface area contributed by atoms with Crippen LogP contribution in [-0.2, 0) is 31.4 Å². The first-order valence-corrected chi connectivity index (χ1v) is 14.8. The number of rotatable bonds is 8. The summed E-state index contributed by atoms with van der Waals surface area (Å²) in [5, 5.41) is 22.0. The first-order valence-electron chi connectivity index (χ1n) is 11.7. The second kappa shape index (κ2) is 9.93. The number of sulfone groups is 1. The molecule has 4 rings (SSSR count). The highest BCUT2D eigenvalue weighted by Gasteiger charge is 2.38. The van der Waals surface area contributed by atoms with E-state index in [0.717, 1.165) is 21.4 Å². The van der Waals surface area contributed by atoms with Gasteiger partial charge in [0.1, 0.15) is 0 Å². The van der Waals surface area contributed by atoms with E-state index in [1.807, 2.05) is 36.6 Å². The Hall–Kier alpha value is -3.20. The van der Waals surface area contributed by atoms with Crippen LogP contribution in [0.25, 0.3) is 22.0 Å². The zero-order chi connectivity index (χ0) is 27.0. The van der Waals surface area contributed by atoms with Crippen LogP contribution in [0.4, 0.5) is 0 Å². The number of aliphatic carboxylic acids is 1. The van der Waals surface area contributed by atoms with Gasteiger partial charge in [-0.2, -0.15) is 0 Å². The van der Waals surface area contributed by atoms with Crippen molar-refractivity contribution in [1.29, 1.82) is 0 Å². The molecule has 192 valence electrons. The van der Waals surface area contributed by atoms with Crippen molar-refractivity contribution in [2.45, 2.75) is 35.5 Å². The Balaban J connectivity index is 1.83. The smallest absolute Gasteiger partial charge is 0.340 e. The summed E-state index contributed by atoms with van der Waals surface area (Å²) in [5.74, 6) is -1.33. The number of benzene rings is 3. The van der Waals surface area contributed by atoms with E-state index in [2.05, 4.69) is 4.98 Å². The van der Waals surface area contributed by atoms with Crippen LogP contribution in [-0.4, -0.2) is 42.1 Å². The molecule has 0 aliphatic heterocycles. The van der Waals surface area contributed by atoms with E-state index < -0.39 is 26.2 Å². The Morgan fingerprint density at radius 1 is 0.973 bits per heavy atom. The van der Waals surface area contributed by atoms with E-state index in [0.29, 0.717) is 22.2 Å². The minimum absolute atomic E-state index is 0.144. The van der Waals surface area contributed by atoms with Gasteiger partial charge in [0.15, 0.2) is 15.4 Å². The number of carbonyl (C=O) groups is 1. The number of nitrogens with zero attached hydrogens (tertiary/aromatic N) is 1. The second-order valence-corrected chi connectivity index (χ2v) is 13.1. The lowest BCUT2D eigenvalue weighted by molar-refractivity contribution is -0.159. The number of aromatic nitrogens is 1. The van der Waals surface area contributed by atoms with E-state index in [4.69, 9.17) is 0 Å². The maximum Gasteiger partial charge on any atom is 0.340 e. The topological polar surface area (TPSA) is 105 Å². The molecule has 0 saturated carbocycles. The van der Waals surface area contributed by atoms with Crippen molar-refractivity contribution in [2.24, 2.45) is 0 Å². The molecule has 4 aromatic rings. The highest BCUT2D eigenvalue weighted by molar-refractivity contribution is 7.98. The molecule has 0 radical (unpaired) electrons. The molecule has 2 N–H and O–H groups in total. The van der Waals surface area contributed by atoms with Gasteiger partial charge in [-0.1, -0.05) is 42.5 Å². The molecule has 0 bridgehead atoms. The molecule has 8 heteroatoms. The third-order valence-electron chi connectivity index (χ3n) is 6.95. The standard InChI is InChI=1S/C29H29NO5S2/c1-28(2,37(4,34)35)23-16-21-9-6-14-30-26(21)25(17-23)20-8-5-7-19(15-20)18-29(33,27(31)32)22-10-12-24(36-3)13-11-22/h5-17,33H,18H2,1-4H3,(H,31,32). The van der Waals surface area contributed by atoms with Gasteiger partial charge in [0.25, 0.3) is 0 Å². The number of pyridine rings is 1. The lowest BCUT2D eigenvalue weighted by Crippen LogP contribution is -2.37. The van der Waals surface area contributed by atoms with Crippen LogP contribution in [0.1, 0.15) is 30.5 Å². The Labute approximate surface area is 221 Å². The molecule has 37 heavy (non-hydrogen) atoms. The minimum atomic E-state index is -3.42. The van der Waals surface area contributed by atoms with Gasteiger partial charge < -0.3 is 10.2 Å². The van der Waals surface area contributed by atoms with Gasteiger partial charge in [0, 0.05) is 34.7 Å². The zero-order valence-corrected chi connectivity index (χ0v) is 22.7. The number of hydrogen-bond donors (Lipinski definition) is 2. The maximum absolute atomic E-state index is 12.6. The molecule has 0 saturated heterocycles. The fourth-order valence-electron chi connectivity index (χ4n) is 4.29. The summed E-state index contributed by atoms with van der Waals surface area (Å²) in [4.78, 5) is 17.7. The average Bonchev–Trinajstić information content (AvgIpc) is 2.87. The van der Waals surface area contributed by atoms with E-state index in [-0.39, 0.29) is 6.42 Å². The molecule has 3 aromatic carbocycles. The van der Waals surface area contributed by atoms with Crippen LogP contribution >= 0.6 is 11.8 Å². The van der Waals surface area contributed by atoms with Crippen molar-refractivity contribution in [3.63, 3.8) is 0 Å². The van der Waals surface area contributed by atoms with Crippen LogP contribution in [0.2, 0.25) is 0 Å². The first-order chi connectivity index (χ1) is 17.4. The summed E-state index contributed by atoms with van der Waals surface area (Å²) in [5.41, 5.74) is 1.62. The van der Waals surface area contributed by atoms with Gasteiger partial charge in [-0.25, -0.2) is 13.2 Å². The number of carboxylic acid groups (broad SMARTS) is 1. The second-order valence-electron chi connectivity index (χ2n) is 9.65. The molecule has 1 unspecified atom stereocenters. The fourth-order valence-corrected chi connectivity index (χ4v) is 5.24. The predicted molar refractivity (Wildman–Crippen MR) is 149 cm³/mol. The van der Waals surface area contributed by atoms with E-state index in [1.165, 1.54) is 18.0 Å². The molecule has 0 fully saturated rings. The van der Waals surface area contributed by atoms with Crippen molar-refractivity contribution in [3.05, 3.63) is 95.7 Å². The van der Waals surface area contributed by atoms with E-state index >= 15 is 0 Å². The van der Waals surface area contributed by atoms with Crippen LogP contribution < -0.4 is 0 Å². The summed E-state index contributed by atoms with van der Waals surface area (Å²) in [6.45, 7) is 3.35. The molecule has 0 aliphatic rings. The lowest BCUT2D eigenvalue weighted by atomic mass is 9.86. The Bertz CT molecular complexity index is 1580. The minimum Gasteiger partial charge on any atom is -0.479 e. The molecular formula is C29H29NO5S2. The van der Waals surface area contributed by atoms with Crippen molar-refractivity contribution in [1.82, 2.24) is 4.98 Å². The summed E-state index contributed by atoms with van der Waals surface area (Å²) < 4.78 is 24.0. The van der Waals surface area contributed by atoms with Crippen LogP contribution in [0, 0.1) is 0 Å². The SMILES string of the molecule is CSc1ccc(C(O)(Cc2cccc(-c3cc(C(C)(C)S(C)(=O)=O)cc4cccnc34)c2)C(=O)O)cc1. The van der Waals surface area contributed by atoms with Crippen molar-refractivity contribution < 1.29 is 23.4 Å². The predicted octanol–water partition coefficient (Wildman–Crippen LogP) is 5.42.